The van der Waals surface area contributed by atoms with Crippen molar-refractivity contribution in [3.8, 4) is 0 Å². The van der Waals surface area contributed by atoms with Gasteiger partial charge in [0.05, 0.1) is 0 Å². The van der Waals surface area contributed by atoms with Crippen LogP contribution in [0.1, 0.15) is 17.7 Å². The number of rotatable bonds is 4. The zero-order valence-corrected chi connectivity index (χ0v) is 10.5. The number of nitrogens with zero attached hydrogens (tertiary/aromatic N) is 2. The second-order valence-corrected chi connectivity index (χ2v) is 4.89. The van der Waals surface area contributed by atoms with Crippen LogP contribution in [0.5, 0.6) is 0 Å². The lowest BCUT2D eigenvalue weighted by Crippen LogP contribution is -2.24. The van der Waals surface area contributed by atoms with Crippen LogP contribution in [0.2, 0.25) is 0 Å². The van der Waals surface area contributed by atoms with E-state index in [4.69, 9.17) is 23.1 Å². The fourth-order valence-electron chi connectivity index (χ4n) is 2.23. The average molecular weight is 251 g/mol. The van der Waals surface area contributed by atoms with Crippen molar-refractivity contribution >= 4 is 17.2 Å². The molecule has 0 bridgehead atoms. The first-order valence-corrected chi connectivity index (χ1v) is 6.18. The van der Waals surface area contributed by atoms with Gasteiger partial charge in [-0.15, -0.1) is 0 Å². The molecular formula is C12H17N3OS. The summed E-state index contributed by atoms with van der Waals surface area (Å²) >= 11 is 4.99. The molecule has 5 heteroatoms. The fourth-order valence-corrected chi connectivity index (χ4v) is 2.42. The molecule has 0 aromatic carbocycles. The van der Waals surface area contributed by atoms with Gasteiger partial charge < -0.3 is 10.8 Å². The van der Waals surface area contributed by atoms with Gasteiger partial charge in [-0.25, -0.2) is 0 Å². The van der Waals surface area contributed by atoms with Gasteiger partial charge >= 0.3 is 0 Å². The standard InChI is InChI=1S/C12H17N3OS/c13-12(17)11-10(2-1-4-14-11)7-15-5-3-9(6-15)8-16/h1-2,4,9,16H,3,5-8H2,(H2,13,17). The summed E-state index contributed by atoms with van der Waals surface area (Å²) in [5.74, 6) is 0.403. The van der Waals surface area contributed by atoms with Gasteiger partial charge in [-0.2, -0.15) is 0 Å². The summed E-state index contributed by atoms with van der Waals surface area (Å²) < 4.78 is 0. The Bertz CT molecular complexity index is 410. The number of hydrogen-bond acceptors (Lipinski definition) is 4. The highest BCUT2D eigenvalue weighted by Gasteiger charge is 2.22. The Morgan fingerprint density at radius 2 is 2.47 bits per heavy atom. The van der Waals surface area contributed by atoms with E-state index in [9.17, 15) is 0 Å². The molecule has 1 saturated heterocycles. The second-order valence-electron chi connectivity index (χ2n) is 4.45. The first-order chi connectivity index (χ1) is 8.20. The minimum Gasteiger partial charge on any atom is -0.396 e. The molecule has 1 aliphatic heterocycles. The van der Waals surface area contributed by atoms with Crippen molar-refractivity contribution in [2.75, 3.05) is 19.7 Å². The Morgan fingerprint density at radius 1 is 1.65 bits per heavy atom. The normalized spacial score (nSPS) is 20.6. The Kier molecular flexibility index (Phi) is 4.04. The number of likely N-dealkylation sites (tertiary alicyclic amines) is 1. The summed E-state index contributed by atoms with van der Waals surface area (Å²) in [5.41, 5.74) is 7.44. The summed E-state index contributed by atoms with van der Waals surface area (Å²) in [6, 6.07) is 3.91. The van der Waals surface area contributed by atoms with Crippen molar-refractivity contribution in [3.63, 3.8) is 0 Å². The van der Waals surface area contributed by atoms with Crippen LogP contribution in [0.4, 0.5) is 0 Å². The number of aliphatic hydroxyl groups excluding tert-OH is 1. The topological polar surface area (TPSA) is 62.4 Å². The second kappa shape index (κ2) is 5.53. The van der Waals surface area contributed by atoms with Crippen molar-refractivity contribution in [3.05, 3.63) is 29.6 Å². The monoisotopic (exact) mass is 251 g/mol. The number of thiocarbonyl (C=S) groups is 1. The van der Waals surface area contributed by atoms with Crippen LogP contribution in [-0.4, -0.2) is 39.7 Å². The Hall–Kier alpha value is -1.04. The Balaban J connectivity index is 2.06. The smallest absolute Gasteiger partial charge is 0.123 e. The van der Waals surface area contributed by atoms with E-state index in [1.807, 2.05) is 12.1 Å². The van der Waals surface area contributed by atoms with Crippen LogP contribution >= 0.6 is 12.2 Å². The summed E-state index contributed by atoms with van der Waals surface area (Å²) in [6.07, 6.45) is 2.76. The van der Waals surface area contributed by atoms with Crippen molar-refractivity contribution in [2.24, 2.45) is 11.7 Å². The number of aromatic nitrogens is 1. The van der Waals surface area contributed by atoms with Gasteiger partial charge in [-0.05, 0) is 30.5 Å². The molecule has 1 aliphatic rings. The molecule has 0 spiro atoms. The SMILES string of the molecule is NC(=S)c1ncccc1CN1CCC(CO)C1. The van der Waals surface area contributed by atoms with E-state index < -0.39 is 0 Å². The van der Waals surface area contributed by atoms with E-state index in [2.05, 4.69) is 9.88 Å². The predicted octanol–water partition coefficient (Wildman–Crippen LogP) is 0.530. The highest BCUT2D eigenvalue weighted by Crippen LogP contribution is 2.19. The number of pyridine rings is 1. The maximum Gasteiger partial charge on any atom is 0.123 e. The molecular weight excluding hydrogens is 234 g/mol. The van der Waals surface area contributed by atoms with Crippen molar-refractivity contribution in [1.29, 1.82) is 0 Å². The van der Waals surface area contributed by atoms with Crippen LogP contribution in [-0.2, 0) is 6.54 Å². The third-order valence-electron chi connectivity index (χ3n) is 3.15. The highest BCUT2D eigenvalue weighted by atomic mass is 32.1. The zero-order valence-electron chi connectivity index (χ0n) is 9.67. The van der Waals surface area contributed by atoms with Crippen LogP contribution in [0.15, 0.2) is 18.3 Å². The molecule has 1 atom stereocenters. The third kappa shape index (κ3) is 3.00. The zero-order chi connectivity index (χ0) is 12.3. The van der Waals surface area contributed by atoms with Crippen LogP contribution in [0.3, 0.4) is 0 Å². The van der Waals surface area contributed by atoms with Crippen molar-refractivity contribution < 1.29 is 5.11 Å². The summed E-state index contributed by atoms with van der Waals surface area (Å²) in [5, 5.41) is 9.11. The van der Waals surface area contributed by atoms with E-state index in [1.54, 1.807) is 6.20 Å². The van der Waals surface area contributed by atoms with E-state index in [-0.39, 0.29) is 6.61 Å². The first-order valence-electron chi connectivity index (χ1n) is 5.77. The highest BCUT2D eigenvalue weighted by molar-refractivity contribution is 7.80. The Labute approximate surface area is 106 Å². The van der Waals surface area contributed by atoms with E-state index >= 15 is 0 Å². The molecule has 4 nitrogen and oxygen atoms in total. The van der Waals surface area contributed by atoms with Gasteiger partial charge in [0.2, 0.25) is 0 Å². The largest absolute Gasteiger partial charge is 0.396 e. The summed E-state index contributed by atoms with van der Waals surface area (Å²) in [6.45, 7) is 3.02. The molecule has 2 rings (SSSR count). The minimum absolute atomic E-state index is 0.270. The fraction of sp³-hybridized carbons (Fsp3) is 0.500. The predicted molar refractivity (Wildman–Crippen MR) is 70.6 cm³/mol. The van der Waals surface area contributed by atoms with Gasteiger partial charge in [0, 0.05) is 25.9 Å². The van der Waals surface area contributed by atoms with Crippen LogP contribution in [0, 0.1) is 5.92 Å². The molecule has 2 heterocycles. The third-order valence-corrected chi connectivity index (χ3v) is 3.34. The van der Waals surface area contributed by atoms with E-state index in [1.165, 1.54) is 0 Å². The van der Waals surface area contributed by atoms with Crippen molar-refractivity contribution in [2.45, 2.75) is 13.0 Å². The van der Waals surface area contributed by atoms with Gasteiger partial charge in [-0.3, -0.25) is 9.88 Å². The molecule has 0 aliphatic carbocycles. The molecule has 0 amide bonds. The maximum absolute atomic E-state index is 9.11. The summed E-state index contributed by atoms with van der Waals surface area (Å²) in [4.78, 5) is 6.87. The Morgan fingerprint density at radius 3 is 3.12 bits per heavy atom. The van der Waals surface area contributed by atoms with Gasteiger partial charge in [0.25, 0.3) is 0 Å². The molecule has 17 heavy (non-hydrogen) atoms. The van der Waals surface area contributed by atoms with Gasteiger partial charge in [0.1, 0.15) is 10.7 Å². The lowest BCUT2D eigenvalue weighted by molar-refractivity contribution is 0.220. The number of aliphatic hydroxyl groups is 1. The molecule has 0 radical (unpaired) electrons. The molecule has 92 valence electrons. The molecule has 1 unspecified atom stereocenters. The molecule has 1 aromatic heterocycles. The lowest BCUT2D eigenvalue weighted by atomic mass is 10.1. The number of hydrogen-bond donors (Lipinski definition) is 2. The van der Waals surface area contributed by atoms with Gasteiger partial charge in [-0.1, -0.05) is 18.3 Å². The molecule has 3 N–H and O–H groups in total. The van der Waals surface area contributed by atoms with Crippen LogP contribution < -0.4 is 5.73 Å². The van der Waals surface area contributed by atoms with E-state index in [0.29, 0.717) is 10.9 Å². The average Bonchev–Trinajstić information content (AvgIpc) is 2.77. The van der Waals surface area contributed by atoms with Crippen LogP contribution in [0.25, 0.3) is 0 Å². The quantitative estimate of drug-likeness (QED) is 0.764. The number of nitrogens with two attached hydrogens (primary N) is 1. The summed E-state index contributed by atoms with van der Waals surface area (Å²) in [7, 11) is 0. The lowest BCUT2D eigenvalue weighted by Gasteiger charge is -2.17. The van der Waals surface area contributed by atoms with Crippen molar-refractivity contribution in [1.82, 2.24) is 9.88 Å². The van der Waals surface area contributed by atoms with E-state index in [0.717, 1.165) is 37.3 Å². The molecule has 1 aromatic rings. The van der Waals surface area contributed by atoms with Gasteiger partial charge in [0.15, 0.2) is 0 Å². The molecule has 1 fully saturated rings. The maximum atomic E-state index is 9.11. The molecule has 0 saturated carbocycles. The minimum atomic E-state index is 0.270. The first kappa shape index (κ1) is 12.4.